The minimum absolute atomic E-state index is 0.0217. The van der Waals surface area contributed by atoms with E-state index in [1.807, 2.05) is 0 Å². The van der Waals surface area contributed by atoms with Gasteiger partial charge in [-0.2, -0.15) is 0 Å². The molecule has 1 aromatic heterocycles. The number of rotatable bonds is 6. The first-order valence-electron chi connectivity index (χ1n) is 6.22. The van der Waals surface area contributed by atoms with Crippen molar-refractivity contribution in [2.24, 2.45) is 5.41 Å². The molecule has 0 aliphatic heterocycles. The highest BCUT2D eigenvalue weighted by Crippen LogP contribution is 2.52. The van der Waals surface area contributed by atoms with Crippen molar-refractivity contribution in [3.63, 3.8) is 0 Å². The van der Waals surface area contributed by atoms with Gasteiger partial charge in [-0.05, 0) is 37.3 Å². The molecule has 1 aliphatic carbocycles. The number of aromatic nitrogens is 1. The fraction of sp³-hybridized carbons (Fsp3) is 0.500. The largest absolute Gasteiger partial charge is 0.469 e. The van der Waals surface area contributed by atoms with E-state index < -0.39 is 0 Å². The minimum Gasteiger partial charge on any atom is -0.469 e. The van der Waals surface area contributed by atoms with E-state index in [1.165, 1.54) is 7.11 Å². The van der Waals surface area contributed by atoms with E-state index in [1.54, 1.807) is 37.0 Å². The van der Waals surface area contributed by atoms with Crippen LogP contribution in [0.5, 0.6) is 0 Å². The molecule has 1 heterocycles. The van der Waals surface area contributed by atoms with Crippen LogP contribution in [0.4, 0.5) is 0 Å². The Morgan fingerprint density at radius 3 is 2.79 bits per heavy atom. The number of ketones is 1. The van der Waals surface area contributed by atoms with Crippen LogP contribution in [0.2, 0.25) is 0 Å². The lowest BCUT2D eigenvalue weighted by atomic mass is 10.1. The van der Waals surface area contributed by atoms with Crippen molar-refractivity contribution in [2.75, 3.05) is 12.9 Å². The number of Topliss-reactive ketones (excluding diaryl/α,β-unsaturated/α-hetero) is 1. The van der Waals surface area contributed by atoms with Gasteiger partial charge in [0.15, 0.2) is 5.78 Å². The molecule has 0 unspecified atom stereocenters. The summed E-state index contributed by atoms with van der Waals surface area (Å²) in [5, 5.41) is 0.756. The fourth-order valence-corrected chi connectivity index (χ4v) is 3.26. The van der Waals surface area contributed by atoms with Gasteiger partial charge in [-0.15, -0.1) is 11.8 Å². The van der Waals surface area contributed by atoms with E-state index in [0.717, 1.165) is 23.6 Å². The van der Waals surface area contributed by atoms with E-state index in [0.29, 0.717) is 12.0 Å². The molecule has 1 aliphatic rings. The Hall–Kier alpha value is -1.36. The molecular weight excluding hydrogens is 262 g/mol. The molecule has 1 aromatic rings. The Balaban J connectivity index is 1.99. The Bertz CT molecular complexity index is 497. The number of hydrogen-bond acceptors (Lipinski definition) is 5. The Labute approximate surface area is 116 Å². The van der Waals surface area contributed by atoms with Gasteiger partial charge in [-0.1, -0.05) is 0 Å². The standard InChI is InChI=1S/C14H17NO3S/c1-10(16)11-4-3-7-15-13(11)19-9-14(5-6-14)8-12(17)18-2/h3-4,7H,5-6,8-9H2,1-2H3. The third kappa shape index (κ3) is 3.56. The zero-order chi connectivity index (χ0) is 13.9. The summed E-state index contributed by atoms with van der Waals surface area (Å²) in [6.45, 7) is 1.54. The van der Waals surface area contributed by atoms with Gasteiger partial charge >= 0.3 is 5.97 Å². The quantitative estimate of drug-likeness (QED) is 0.455. The molecule has 0 N–H and O–H groups in total. The molecule has 1 saturated carbocycles. The molecule has 0 atom stereocenters. The molecule has 1 fully saturated rings. The lowest BCUT2D eigenvalue weighted by molar-refractivity contribution is -0.141. The topological polar surface area (TPSA) is 56.3 Å². The monoisotopic (exact) mass is 279 g/mol. The minimum atomic E-state index is -0.161. The highest BCUT2D eigenvalue weighted by Gasteiger charge is 2.44. The van der Waals surface area contributed by atoms with E-state index in [-0.39, 0.29) is 17.2 Å². The van der Waals surface area contributed by atoms with Crippen molar-refractivity contribution in [3.8, 4) is 0 Å². The van der Waals surface area contributed by atoms with Crippen LogP contribution in [0.3, 0.4) is 0 Å². The van der Waals surface area contributed by atoms with Crippen molar-refractivity contribution < 1.29 is 14.3 Å². The number of thioether (sulfide) groups is 1. The molecular formula is C14H17NO3S. The van der Waals surface area contributed by atoms with Crippen molar-refractivity contribution in [3.05, 3.63) is 23.9 Å². The van der Waals surface area contributed by atoms with Gasteiger partial charge < -0.3 is 4.74 Å². The fourth-order valence-electron chi connectivity index (χ4n) is 1.92. The zero-order valence-electron chi connectivity index (χ0n) is 11.1. The Morgan fingerprint density at radius 2 is 2.21 bits per heavy atom. The summed E-state index contributed by atoms with van der Waals surface area (Å²) < 4.78 is 4.72. The number of carbonyl (C=O) groups excluding carboxylic acids is 2. The highest BCUT2D eigenvalue weighted by atomic mass is 32.2. The predicted octanol–water partition coefficient (Wildman–Crippen LogP) is 2.72. The second-order valence-corrected chi connectivity index (χ2v) is 5.92. The summed E-state index contributed by atoms with van der Waals surface area (Å²) in [6.07, 6.45) is 4.22. The molecule has 0 amide bonds. The predicted molar refractivity (Wildman–Crippen MR) is 73.3 cm³/mol. The number of carbonyl (C=O) groups is 2. The average molecular weight is 279 g/mol. The van der Waals surface area contributed by atoms with Gasteiger partial charge in [0.1, 0.15) is 5.03 Å². The van der Waals surface area contributed by atoms with Gasteiger partial charge in [0, 0.05) is 17.5 Å². The summed E-state index contributed by atoms with van der Waals surface area (Å²) in [5.41, 5.74) is 0.699. The van der Waals surface area contributed by atoms with Gasteiger partial charge in [0.2, 0.25) is 0 Å². The molecule has 0 saturated heterocycles. The van der Waals surface area contributed by atoms with E-state index in [2.05, 4.69) is 4.98 Å². The maximum Gasteiger partial charge on any atom is 0.306 e. The lowest BCUT2D eigenvalue weighted by Gasteiger charge is -2.13. The maximum absolute atomic E-state index is 11.5. The van der Waals surface area contributed by atoms with Crippen molar-refractivity contribution >= 4 is 23.5 Å². The first kappa shape index (κ1) is 14.1. The lowest BCUT2D eigenvalue weighted by Crippen LogP contribution is -2.13. The number of ether oxygens (including phenoxy) is 1. The molecule has 2 rings (SSSR count). The Morgan fingerprint density at radius 1 is 1.47 bits per heavy atom. The second kappa shape index (κ2) is 5.74. The summed E-state index contributed by atoms with van der Waals surface area (Å²) in [4.78, 5) is 27.1. The Kier molecular flexibility index (Phi) is 4.24. The molecule has 102 valence electrons. The van der Waals surface area contributed by atoms with Crippen LogP contribution >= 0.6 is 11.8 Å². The van der Waals surface area contributed by atoms with E-state index >= 15 is 0 Å². The normalized spacial score (nSPS) is 15.9. The maximum atomic E-state index is 11.5. The SMILES string of the molecule is COC(=O)CC1(CSc2ncccc2C(C)=O)CC1. The molecule has 0 bridgehead atoms. The summed E-state index contributed by atoms with van der Waals surface area (Å²) in [5.74, 6) is 0.665. The summed E-state index contributed by atoms with van der Waals surface area (Å²) in [7, 11) is 1.41. The van der Waals surface area contributed by atoms with Crippen LogP contribution in [0.15, 0.2) is 23.4 Å². The highest BCUT2D eigenvalue weighted by molar-refractivity contribution is 7.99. The van der Waals surface area contributed by atoms with Crippen LogP contribution in [0, 0.1) is 5.41 Å². The number of hydrogen-bond donors (Lipinski definition) is 0. The second-order valence-electron chi connectivity index (χ2n) is 4.95. The van der Waals surface area contributed by atoms with E-state index in [4.69, 9.17) is 4.74 Å². The molecule has 0 aromatic carbocycles. The third-order valence-corrected chi connectivity index (χ3v) is 4.73. The van der Waals surface area contributed by atoms with Gasteiger partial charge in [0.05, 0.1) is 13.5 Å². The van der Waals surface area contributed by atoms with Gasteiger partial charge in [-0.3, -0.25) is 9.59 Å². The van der Waals surface area contributed by atoms with Gasteiger partial charge in [-0.25, -0.2) is 4.98 Å². The third-order valence-electron chi connectivity index (χ3n) is 3.37. The molecule has 0 spiro atoms. The number of methoxy groups -OCH3 is 1. The number of esters is 1. The number of pyridine rings is 1. The summed E-state index contributed by atoms with van der Waals surface area (Å²) >= 11 is 1.56. The van der Waals surface area contributed by atoms with Crippen LogP contribution in [0.25, 0.3) is 0 Å². The smallest absolute Gasteiger partial charge is 0.306 e. The van der Waals surface area contributed by atoms with Crippen LogP contribution in [-0.2, 0) is 9.53 Å². The first-order chi connectivity index (χ1) is 9.06. The molecule has 0 radical (unpaired) electrons. The van der Waals surface area contributed by atoms with Crippen LogP contribution in [-0.4, -0.2) is 29.6 Å². The molecule has 4 nitrogen and oxygen atoms in total. The average Bonchev–Trinajstić information content (AvgIpc) is 3.16. The molecule has 5 heteroatoms. The van der Waals surface area contributed by atoms with Gasteiger partial charge in [0.25, 0.3) is 0 Å². The van der Waals surface area contributed by atoms with Crippen molar-refractivity contribution in [1.29, 1.82) is 0 Å². The first-order valence-corrected chi connectivity index (χ1v) is 7.20. The van der Waals surface area contributed by atoms with Crippen molar-refractivity contribution in [1.82, 2.24) is 4.98 Å². The molecule has 19 heavy (non-hydrogen) atoms. The number of nitrogens with zero attached hydrogens (tertiary/aromatic N) is 1. The van der Waals surface area contributed by atoms with Crippen LogP contribution < -0.4 is 0 Å². The van der Waals surface area contributed by atoms with Crippen LogP contribution in [0.1, 0.15) is 36.5 Å². The van der Waals surface area contributed by atoms with E-state index in [9.17, 15) is 9.59 Å². The zero-order valence-corrected chi connectivity index (χ0v) is 12.0. The van der Waals surface area contributed by atoms with Crippen molar-refractivity contribution in [2.45, 2.75) is 31.2 Å². The summed E-state index contributed by atoms with van der Waals surface area (Å²) in [6, 6.07) is 3.56.